The van der Waals surface area contributed by atoms with Gasteiger partial charge in [0.15, 0.2) is 0 Å². The Balaban J connectivity index is 1.90. The molecule has 1 saturated heterocycles. The van der Waals surface area contributed by atoms with Crippen molar-refractivity contribution in [3.63, 3.8) is 0 Å². The van der Waals surface area contributed by atoms with Crippen molar-refractivity contribution >= 4 is 11.5 Å². The zero-order valence-electron chi connectivity index (χ0n) is 10.8. The number of hydrogen-bond acceptors (Lipinski definition) is 5. The van der Waals surface area contributed by atoms with E-state index >= 15 is 0 Å². The number of hydrogen-bond donors (Lipinski definition) is 2. The maximum atomic E-state index is 8.88. The quantitative estimate of drug-likeness (QED) is 0.820. The highest BCUT2D eigenvalue weighted by molar-refractivity contribution is 5.49. The van der Waals surface area contributed by atoms with Crippen molar-refractivity contribution in [2.75, 3.05) is 43.6 Å². The SMILES string of the molecule is CN(CCO)c1ccc(NC2CCCOC2)nc1. The third kappa shape index (κ3) is 3.58. The van der Waals surface area contributed by atoms with E-state index in [2.05, 4.69) is 10.3 Å². The van der Waals surface area contributed by atoms with Crippen LogP contribution in [-0.2, 0) is 4.74 Å². The summed E-state index contributed by atoms with van der Waals surface area (Å²) in [6, 6.07) is 4.35. The van der Waals surface area contributed by atoms with E-state index < -0.39 is 0 Å². The van der Waals surface area contributed by atoms with Crippen molar-refractivity contribution in [2.24, 2.45) is 0 Å². The molecule has 0 aromatic carbocycles. The van der Waals surface area contributed by atoms with Crippen LogP contribution in [0.5, 0.6) is 0 Å². The molecule has 0 radical (unpaired) electrons. The van der Waals surface area contributed by atoms with Crippen LogP contribution in [0.2, 0.25) is 0 Å². The molecule has 0 spiro atoms. The Bertz CT molecular complexity index is 350. The standard InChI is InChI=1S/C13H21N3O2/c1-16(6-7-17)12-4-5-13(14-9-12)15-11-3-2-8-18-10-11/h4-5,9,11,17H,2-3,6-8,10H2,1H3,(H,14,15). The maximum Gasteiger partial charge on any atom is 0.126 e. The smallest absolute Gasteiger partial charge is 0.126 e. The second kappa shape index (κ2) is 6.56. The number of rotatable bonds is 5. The molecule has 2 heterocycles. The number of nitrogens with one attached hydrogen (secondary N) is 1. The Morgan fingerprint density at radius 2 is 2.44 bits per heavy atom. The molecule has 1 aromatic rings. The molecule has 100 valence electrons. The van der Waals surface area contributed by atoms with E-state index in [9.17, 15) is 0 Å². The summed E-state index contributed by atoms with van der Waals surface area (Å²) in [5.74, 6) is 0.881. The van der Waals surface area contributed by atoms with Gasteiger partial charge in [0.1, 0.15) is 5.82 Å². The fourth-order valence-corrected chi connectivity index (χ4v) is 2.04. The zero-order valence-corrected chi connectivity index (χ0v) is 10.8. The van der Waals surface area contributed by atoms with Crippen molar-refractivity contribution in [3.05, 3.63) is 18.3 Å². The second-order valence-electron chi connectivity index (χ2n) is 4.61. The molecule has 2 N–H and O–H groups in total. The number of pyridine rings is 1. The maximum absolute atomic E-state index is 8.88. The number of nitrogens with zero attached hydrogens (tertiary/aromatic N) is 2. The number of ether oxygens (including phenoxy) is 1. The van der Waals surface area contributed by atoms with Crippen LogP contribution >= 0.6 is 0 Å². The Morgan fingerprint density at radius 1 is 1.56 bits per heavy atom. The van der Waals surface area contributed by atoms with Crippen LogP contribution < -0.4 is 10.2 Å². The first kappa shape index (κ1) is 13.1. The normalized spacial score (nSPS) is 19.6. The highest BCUT2D eigenvalue weighted by Crippen LogP contribution is 2.16. The molecule has 1 fully saturated rings. The van der Waals surface area contributed by atoms with Crippen molar-refractivity contribution < 1.29 is 9.84 Å². The lowest BCUT2D eigenvalue weighted by Crippen LogP contribution is -2.30. The van der Waals surface area contributed by atoms with E-state index in [0.29, 0.717) is 12.6 Å². The lowest BCUT2D eigenvalue weighted by Gasteiger charge is -2.24. The largest absolute Gasteiger partial charge is 0.395 e. The van der Waals surface area contributed by atoms with Gasteiger partial charge in [0, 0.05) is 20.2 Å². The summed E-state index contributed by atoms with van der Waals surface area (Å²) < 4.78 is 5.42. The number of aliphatic hydroxyl groups excluding tert-OH is 1. The molecule has 18 heavy (non-hydrogen) atoms. The minimum atomic E-state index is 0.149. The minimum absolute atomic E-state index is 0.149. The van der Waals surface area contributed by atoms with Crippen LogP contribution in [0.25, 0.3) is 0 Å². The van der Waals surface area contributed by atoms with E-state index in [1.807, 2.05) is 30.3 Å². The summed E-state index contributed by atoms with van der Waals surface area (Å²) in [6.45, 7) is 2.39. The molecule has 1 atom stereocenters. The summed E-state index contributed by atoms with van der Waals surface area (Å²) in [7, 11) is 1.94. The Labute approximate surface area is 108 Å². The molecule has 1 aromatic heterocycles. The van der Waals surface area contributed by atoms with E-state index in [1.54, 1.807) is 0 Å². The molecule has 0 saturated carbocycles. The first-order valence-electron chi connectivity index (χ1n) is 6.42. The van der Waals surface area contributed by atoms with Gasteiger partial charge < -0.3 is 20.1 Å². The average Bonchev–Trinajstić information content (AvgIpc) is 2.41. The molecular formula is C13H21N3O2. The van der Waals surface area contributed by atoms with Crippen LogP contribution in [0, 0.1) is 0 Å². The molecule has 0 aliphatic carbocycles. The predicted molar refractivity (Wildman–Crippen MR) is 72.1 cm³/mol. The van der Waals surface area contributed by atoms with Crippen LogP contribution in [-0.4, -0.2) is 49.5 Å². The highest BCUT2D eigenvalue weighted by Gasteiger charge is 2.13. The van der Waals surface area contributed by atoms with Crippen molar-refractivity contribution in [3.8, 4) is 0 Å². The van der Waals surface area contributed by atoms with Gasteiger partial charge in [-0.2, -0.15) is 0 Å². The lowest BCUT2D eigenvalue weighted by molar-refractivity contribution is 0.0875. The van der Waals surface area contributed by atoms with Gasteiger partial charge in [-0.15, -0.1) is 0 Å². The highest BCUT2D eigenvalue weighted by atomic mass is 16.5. The Hall–Kier alpha value is -1.33. The summed E-state index contributed by atoms with van der Waals surface area (Å²) in [5.41, 5.74) is 1.01. The molecule has 1 unspecified atom stereocenters. The zero-order chi connectivity index (χ0) is 12.8. The van der Waals surface area contributed by atoms with E-state index in [-0.39, 0.29) is 6.61 Å². The number of likely N-dealkylation sites (N-methyl/N-ethyl adjacent to an activating group) is 1. The third-order valence-corrected chi connectivity index (χ3v) is 3.14. The molecule has 1 aliphatic heterocycles. The van der Waals surface area contributed by atoms with Crippen LogP contribution in [0.3, 0.4) is 0 Å². The van der Waals surface area contributed by atoms with Crippen molar-refractivity contribution in [1.29, 1.82) is 0 Å². The molecule has 1 aliphatic rings. The Kier molecular flexibility index (Phi) is 4.78. The molecule has 2 rings (SSSR count). The molecule has 5 nitrogen and oxygen atoms in total. The lowest BCUT2D eigenvalue weighted by atomic mass is 10.1. The number of aromatic nitrogens is 1. The molecular weight excluding hydrogens is 230 g/mol. The van der Waals surface area contributed by atoms with Gasteiger partial charge >= 0.3 is 0 Å². The minimum Gasteiger partial charge on any atom is -0.395 e. The van der Waals surface area contributed by atoms with Gasteiger partial charge in [-0.3, -0.25) is 0 Å². The Morgan fingerprint density at radius 3 is 3.06 bits per heavy atom. The van der Waals surface area contributed by atoms with Crippen molar-refractivity contribution in [2.45, 2.75) is 18.9 Å². The first-order chi connectivity index (χ1) is 8.79. The molecule has 5 heteroatoms. The van der Waals surface area contributed by atoms with Crippen LogP contribution in [0.15, 0.2) is 18.3 Å². The third-order valence-electron chi connectivity index (χ3n) is 3.14. The average molecular weight is 251 g/mol. The molecule has 0 amide bonds. The van der Waals surface area contributed by atoms with E-state index in [4.69, 9.17) is 9.84 Å². The van der Waals surface area contributed by atoms with Crippen LogP contribution in [0.4, 0.5) is 11.5 Å². The first-order valence-corrected chi connectivity index (χ1v) is 6.42. The van der Waals surface area contributed by atoms with Gasteiger partial charge in [0.2, 0.25) is 0 Å². The van der Waals surface area contributed by atoms with Crippen LogP contribution in [0.1, 0.15) is 12.8 Å². The van der Waals surface area contributed by atoms with Gasteiger partial charge in [0.25, 0.3) is 0 Å². The number of aliphatic hydroxyl groups is 1. The summed E-state index contributed by atoms with van der Waals surface area (Å²) in [5, 5.41) is 12.3. The van der Waals surface area contributed by atoms with Crippen molar-refractivity contribution in [1.82, 2.24) is 4.98 Å². The van der Waals surface area contributed by atoms with E-state index in [1.165, 1.54) is 0 Å². The summed E-state index contributed by atoms with van der Waals surface area (Å²) >= 11 is 0. The summed E-state index contributed by atoms with van der Waals surface area (Å²) in [4.78, 5) is 6.36. The molecule has 0 bridgehead atoms. The summed E-state index contributed by atoms with van der Waals surface area (Å²) in [6.07, 6.45) is 4.06. The number of anilines is 2. The monoisotopic (exact) mass is 251 g/mol. The van der Waals surface area contributed by atoms with Gasteiger partial charge in [-0.25, -0.2) is 4.98 Å². The second-order valence-corrected chi connectivity index (χ2v) is 4.61. The topological polar surface area (TPSA) is 57.6 Å². The fraction of sp³-hybridized carbons (Fsp3) is 0.615. The van der Waals surface area contributed by atoms with Gasteiger partial charge in [-0.05, 0) is 25.0 Å². The van der Waals surface area contributed by atoms with Gasteiger partial charge in [-0.1, -0.05) is 0 Å². The predicted octanol–water partition coefficient (Wildman–Crippen LogP) is 1.10. The van der Waals surface area contributed by atoms with Gasteiger partial charge in [0.05, 0.1) is 31.1 Å². The fourth-order valence-electron chi connectivity index (χ4n) is 2.04. The van der Waals surface area contributed by atoms with E-state index in [0.717, 1.165) is 37.6 Å².